The van der Waals surface area contributed by atoms with Crippen molar-refractivity contribution in [1.29, 1.82) is 0 Å². The molecular formula is C7H8F2N2O2. The molecule has 1 heterocycles. The average molecular weight is 190 g/mol. The monoisotopic (exact) mass is 190 g/mol. The average Bonchev–Trinajstić information content (AvgIpc) is 2.50. The van der Waals surface area contributed by atoms with Crippen molar-refractivity contribution in [2.75, 3.05) is 0 Å². The van der Waals surface area contributed by atoms with Gasteiger partial charge in [-0.1, -0.05) is 0 Å². The first-order valence-electron chi connectivity index (χ1n) is 3.58. The molecule has 1 aromatic rings. The number of rotatable bonds is 3. The Balaban J connectivity index is 2.85. The number of carboxylic acid groups (broad SMARTS) is 1. The van der Waals surface area contributed by atoms with Crippen molar-refractivity contribution < 1.29 is 18.7 Å². The maximum absolute atomic E-state index is 12.0. The number of hydrogen-bond acceptors (Lipinski definition) is 2. The lowest BCUT2D eigenvalue weighted by molar-refractivity contribution is -0.138. The van der Waals surface area contributed by atoms with Gasteiger partial charge in [-0.2, -0.15) is 0 Å². The fraction of sp³-hybridized carbons (Fsp3) is 0.429. The van der Waals surface area contributed by atoms with Crippen LogP contribution in [-0.4, -0.2) is 21.0 Å². The first-order chi connectivity index (χ1) is 6.02. The number of imidazole rings is 1. The molecule has 0 aliphatic rings. The van der Waals surface area contributed by atoms with E-state index in [-0.39, 0.29) is 11.5 Å². The van der Waals surface area contributed by atoms with Crippen molar-refractivity contribution in [2.45, 2.75) is 19.3 Å². The summed E-state index contributed by atoms with van der Waals surface area (Å²) in [7, 11) is 0. The van der Waals surface area contributed by atoms with Gasteiger partial charge >= 0.3 is 5.97 Å². The predicted octanol–water partition coefficient (Wildman–Crippen LogP) is 1.54. The predicted molar refractivity (Wildman–Crippen MR) is 39.6 cm³/mol. The molecule has 0 radical (unpaired) electrons. The minimum absolute atomic E-state index is 0.0443. The summed E-state index contributed by atoms with van der Waals surface area (Å²) in [4.78, 5) is 16.2. The van der Waals surface area contributed by atoms with E-state index >= 15 is 0 Å². The van der Waals surface area contributed by atoms with Crippen LogP contribution in [0.2, 0.25) is 0 Å². The summed E-state index contributed by atoms with van der Waals surface area (Å²) in [6.45, 7) is 1.37. The maximum Gasteiger partial charge on any atom is 0.313 e. The number of nitrogens with one attached hydrogen (secondary N) is 1. The molecule has 0 aromatic carbocycles. The van der Waals surface area contributed by atoms with Crippen molar-refractivity contribution >= 4 is 5.97 Å². The number of aromatic nitrogens is 2. The molecule has 72 valence electrons. The standard InChI is InChI=1S/C7H8F2N2O2/c1-3(7(12)13)6-10-2-4(11-6)5(8)9/h2-3,5H,1H3,(H,10,11)(H,12,13). The molecule has 0 spiro atoms. The lowest BCUT2D eigenvalue weighted by Gasteiger charge is -2.00. The summed E-state index contributed by atoms with van der Waals surface area (Å²) in [5.41, 5.74) is -0.358. The quantitative estimate of drug-likeness (QED) is 0.759. The highest BCUT2D eigenvalue weighted by atomic mass is 19.3. The van der Waals surface area contributed by atoms with E-state index in [1.165, 1.54) is 6.92 Å². The lowest BCUT2D eigenvalue weighted by Crippen LogP contribution is -2.09. The summed E-state index contributed by atoms with van der Waals surface area (Å²) in [6, 6.07) is 0. The Bertz CT molecular complexity index is 311. The van der Waals surface area contributed by atoms with Gasteiger partial charge in [0.2, 0.25) is 0 Å². The molecule has 0 aliphatic carbocycles. The maximum atomic E-state index is 12.0. The van der Waals surface area contributed by atoms with Gasteiger partial charge in [0.1, 0.15) is 17.4 Å². The van der Waals surface area contributed by atoms with Crippen LogP contribution in [0.5, 0.6) is 0 Å². The second-order valence-corrected chi connectivity index (χ2v) is 2.58. The van der Waals surface area contributed by atoms with Crippen LogP contribution in [0.15, 0.2) is 6.20 Å². The molecule has 0 saturated carbocycles. The van der Waals surface area contributed by atoms with Gasteiger partial charge < -0.3 is 10.1 Å². The number of carbonyl (C=O) groups is 1. The van der Waals surface area contributed by atoms with Crippen LogP contribution in [0.25, 0.3) is 0 Å². The summed E-state index contributed by atoms with van der Waals surface area (Å²) in [5, 5.41) is 8.54. The summed E-state index contributed by atoms with van der Waals surface area (Å²) in [6.07, 6.45) is -1.71. The molecular weight excluding hydrogens is 182 g/mol. The molecule has 0 amide bonds. The van der Waals surface area contributed by atoms with Crippen molar-refractivity contribution in [1.82, 2.24) is 9.97 Å². The van der Waals surface area contributed by atoms with Crippen LogP contribution in [0.1, 0.15) is 30.8 Å². The zero-order valence-electron chi connectivity index (χ0n) is 6.79. The van der Waals surface area contributed by atoms with Crippen LogP contribution in [-0.2, 0) is 4.79 Å². The molecule has 0 saturated heterocycles. The van der Waals surface area contributed by atoms with E-state index in [1.807, 2.05) is 0 Å². The molecule has 1 unspecified atom stereocenters. The molecule has 1 aromatic heterocycles. The van der Waals surface area contributed by atoms with Gasteiger partial charge in [0.25, 0.3) is 6.43 Å². The Morgan fingerprint density at radius 1 is 1.69 bits per heavy atom. The highest BCUT2D eigenvalue weighted by Gasteiger charge is 2.19. The lowest BCUT2D eigenvalue weighted by atomic mass is 10.2. The van der Waals surface area contributed by atoms with Crippen molar-refractivity contribution in [2.24, 2.45) is 0 Å². The first kappa shape index (κ1) is 9.63. The van der Waals surface area contributed by atoms with E-state index in [0.717, 1.165) is 6.20 Å². The van der Waals surface area contributed by atoms with Crippen LogP contribution in [0.3, 0.4) is 0 Å². The van der Waals surface area contributed by atoms with Gasteiger partial charge in [-0.25, -0.2) is 13.8 Å². The number of alkyl halides is 2. The Kier molecular flexibility index (Phi) is 2.60. The summed E-state index contributed by atoms with van der Waals surface area (Å²) >= 11 is 0. The molecule has 1 rings (SSSR count). The van der Waals surface area contributed by atoms with Gasteiger partial charge in [0.05, 0.1) is 6.20 Å². The van der Waals surface area contributed by atoms with E-state index in [1.54, 1.807) is 0 Å². The van der Waals surface area contributed by atoms with Crippen LogP contribution < -0.4 is 0 Å². The number of aliphatic carboxylic acids is 1. The normalized spacial score (nSPS) is 13.2. The highest BCUT2D eigenvalue weighted by molar-refractivity contribution is 5.74. The minimum atomic E-state index is -2.65. The smallest absolute Gasteiger partial charge is 0.313 e. The van der Waals surface area contributed by atoms with Crippen molar-refractivity contribution in [3.05, 3.63) is 17.7 Å². The van der Waals surface area contributed by atoms with E-state index < -0.39 is 18.3 Å². The molecule has 13 heavy (non-hydrogen) atoms. The van der Waals surface area contributed by atoms with Gasteiger partial charge in [0.15, 0.2) is 0 Å². The Hall–Kier alpha value is -1.46. The fourth-order valence-electron chi connectivity index (χ4n) is 0.799. The third-order valence-corrected chi connectivity index (χ3v) is 1.63. The molecule has 1 atom stereocenters. The number of H-pyrrole nitrogens is 1. The number of nitrogens with zero attached hydrogens (tertiary/aromatic N) is 1. The zero-order chi connectivity index (χ0) is 10.0. The molecule has 4 nitrogen and oxygen atoms in total. The van der Waals surface area contributed by atoms with Crippen molar-refractivity contribution in [3.8, 4) is 0 Å². The molecule has 0 bridgehead atoms. The van der Waals surface area contributed by atoms with Crippen molar-refractivity contribution in [3.63, 3.8) is 0 Å². The van der Waals surface area contributed by atoms with Gasteiger partial charge in [0, 0.05) is 0 Å². The number of hydrogen-bond donors (Lipinski definition) is 2. The Labute approximate surface area is 72.6 Å². The SMILES string of the molecule is CC(C(=O)O)c1ncc(C(F)F)[nH]1. The molecule has 6 heteroatoms. The minimum Gasteiger partial charge on any atom is -0.481 e. The fourth-order valence-corrected chi connectivity index (χ4v) is 0.799. The number of carboxylic acids is 1. The van der Waals surface area contributed by atoms with Gasteiger partial charge in [-0.15, -0.1) is 0 Å². The first-order valence-corrected chi connectivity index (χ1v) is 3.58. The van der Waals surface area contributed by atoms with Gasteiger partial charge in [-0.3, -0.25) is 4.79 Å². The molecule has 2 N–H and O–H groups in total. The number of halogens is 2. The Morgan fingerprint density at radius 2 is 2.31 bits per heavy atom. The van der Waals surface area contributed by atoms with E-state index in [9.17, 15) is 13.6 Å². The third kappa shape index (κ3) is 2.01. The van der Waals surface area contributed by atoms with Crippen LogP contribution in [0, 0.1) is 0 Å². The largest absolute Gasteiger partial charge is 0.481 e. The Morgan fingerprint density at radius 3 is 2.69 bits per heavy atom. The van der Waals surface area contributed by atoms with Crippen LogP contribution in [0.4, 0.5) is 8.78 Å². The topological polar surface area (TPSA) is 66.0 Å². The van der Waals surface area contributed by atoms with E-state index in [2.05, 4.69) is 9.97 Å². The summed E-state index contributed by atoms with van der Waals surface area (Å²) in [5.74, 6) is -1.95. The third-order valence-electron chi connectivity index (χ3n) is 1.63. The van der Waals surface area contributed by atoms with E-state index in [0.29, 0.717) is 0 Å². The summed E-state index contributed by atoms with van der Waals surface area (Å²) < 4.78 is 24.1. The number of aromatic amines is 1. The van der Waals surface area contributed by atoms with Crippen LogP contribution >= 0.6 is 0 Å². The van der Waals surface area contributed by atoms with Gasteiger partial charge in [-0.05, 0) is 6.92 Å². The molecule has 0 fully saturated rings. The highest BCUT2D eigenvalue weighted by Crippen LogP contribution is 2.19. The van der Waals surface area contributed by atoms with E-state index in [4.69, 9.17) is 5.11 Å². The second-order valence-electron chi connectivity index (χ2n) is 2.58. The molecule has 0 aliphatic heterocycles. The second kappa shape index (κ2) is 3.51. The zero-order valence-corrected chi connectivity index (χ0v) is 6.79.